The molecule has 0 aromatic heterocycles. The lowest BCUT2D eigenvalue weighted by molar-refractivity contribution is -0.126. The van der Waals surface area contributed by atoms with E-state index in [0.29, 0.717) is 18.1 Å². The molecule has 2 N–H and O–H groups in total. The van der Waals surface area contributed by atoms with E-state index < -0.39 is 0 Å². The van der Waals surface area contributed by atoms with E-state index in [1.165, 1.54) is 0 Å². The minimum absolute atomic E-state index is 0.0646. The molecule has 0 heterocycles. The molecule has 0 fully saturated rings. The molecule has 2 rings (SSSR count). The number of hydrogen-bond acceptors (Lipinski definition) is 4. The molecule has 0 bridgehead atoms. The van der Waals surface area contributed by atoms with Crippen LogP contribution in [0.15, 0.2) is 48.5 Å². The number of nitrogens with one attached hydrogen (secondary N) is 2. The SMILES string of the molecule is CCCOc1ccc(C(C)NC(=O)CNC(=O)Cc2ccccc2)cc1OC. The van der Waals surface area contributed by atoms with Crippen molar-refractivity contribution >= 4 is 11.8 Å². The van der Waals surface area contributed by atoms with Gasteiger partial charge in [-0.3, -0.25) is 9.59 Å². The van der Waals surface area contributed by atoms with Gasteiger partial charge in [-0.15, -0.1) is 0 Å². The summed E-state index contributed by atoms with van der Waals surface area (Å²) in [7, 11) is 1.59. The van der Waals surface area contributed by atoms with E-state index in [1.54, 1.807) is 7.11 Å². The first-order valence-electron chi connectivity index (χ1n) is 9.44. The zero-order valence-electron chi connectivity index (χ0n) is 16.7. The fourth-order valence-electron chi connectivity index (χ4n) is 2.68. The first-order chi connectivity index (χ1) is 13.5. The van der Waals surface area contributed by atoms with Crippen LogP contribution in [0.2, 0.25) is 0 Å². The zero-order valence-corrected chi connectivity index (χ0v) is 16.7. The molecule has 28 heavy (non-hydrogen) atoms. The molecule has 0 aliphatic carbocycles. The Bertz CT molecular complexity index is 777. The number of rotatable bonds is 10. The minimum Gasteiger partial charge on any atom is -0.493 e. The second-order valence-electron chi connectivity index (χ2n) is 6.49. The fraction of sp³-hybridized carbons (Fsp3) is 0.364. The monoisotopic (exact) mass is 384 g/mol. The third-order valence-electron chi connectivity index (χ3n) is 4.18. The van der Waals surface area contributed by atoms with Gasteiger partial charge in [0.15, 0.2) is 11.5 Å². The number of methoxy groups -OCH3 is 1. The number of hydrogen-bond donors (Lipinski definition) is 2. The van der Waals surface area contributed by atoms with Crippen molar-refractivity contribution < 1.29 is 19.1 Å². The van der Waals surface area contributed by atoms with Crippen LogP contribution in [0.1, 0.15) is 37.4 Å². The summed E-state index contributed by atoms with van der Waals surface area (Å²) in [6.45, 7) is 4.47. The smallest absolute Gasteiger partial charge is 0.239 e. The van der Waals surface area contributed by atoms with Crippen LogP contribution in [-0.2, 0) is 16.0 Å². The molecule has 6 nitrogen and oxygen atoms in total. The normalized spacial score (nSPS) is 11.4. The molecular weight excluding hydrogens is 356 g/mol. The van der Waals surface area contributed by atoms with Gasteiger partial charge in [0.25, 0.3) is 0 Å². The second kappa shape index (κ2) is 11.0. The van der Waals surface area contributed by atoms with Crippen molar-refractivity contribution in [2.75, 3.05) is 20.3 Å². The van der Waals surface area contributed by atoms with E-state index in [4.69, 9.17) is 9.47 Å². The topological polar surface area (TPSA) is 76.7 Å². The molecule has 2 aromatic rings. The van der Waals surface area contributed by atoms with E-state index in [-0.39, 0.29) is 30.8 Å². The van der Waals surface area contributed by atoms with Gasteiger partial charge < -0.3 is 20.1 Å². The van der Waals surface area contributed by atoms with Crippen molar-refractivity contribution in [3.05, 3.63) is 59.7 Å². The Morgan fingerprint density at radius 1 is 1.04 bits per heavy atom. The Hall–Kier alpha value is -3.02. The molecule has 150 valence electrons. The average Bonchev–Trinajstić information content (AvgIpc) is 2.71. The Kier molecular flexibility index (Phi) is 8.34. The Morgan fingerprint density at radius 3 is 2.46 bits per heavy atom. The minimum atomic E-state index is -0.251. The molecule has 1 unspecified atom stereocenters. The highest BCUT2D eigenvalue weighted by Crippen LogP contribution is 2.30. The van der Waals surface area contributed by atoms with Gasteiger partial charge in [-0.1, -0.05) is 43.3 Å². The standard InChI is InChI=1S/C22H28N2O4/c1-4-12-28-19-11-10-18(14-20(19)27-3)16(2)24-22(26)15-23-21(25)13-17-8-6-5-7-9-17/h5-11,14,16H,4,12-13,15H2,1-3H3,(H,23,25)(H,24,26). The largest absolute Gasteiger partial charge is 0.493 e. The van der Waals surface area contributed by atoms with E-state index >= 15 is 0 Å². The molecule has 0 saturated heterocycles. The highest BCUT2D eigenvalue weighted by molar-refractivity contribution is 5.85. The third-order valence-corrected chi connectivity index (χ3v) is 4.18. The Balaban J connectivity index is 1.85. The van der Waals surface area contributed by atoms with Crippen molar-refractivity contribution in [1.29, 1.82) is 0 Å². The maximum absolute atomic E-state index is 12.2. The van der Waals surface area contributed by atoms with Gasteiger partial charge in [0.2, 0.25) is 11.8 Å². The lowest BCUT2D eigenvalue weighted by atomic mass is 10.1. The molecular formula is C22H28N2O4. The van der Waals surface area contributed by atoms with E-state index in [1.807, 2.05) is 62.4 Å². The molecule has 2 aromatic carbocycles. The molecule has 0 radical (unpaired) electrons. The van der Waals surface area contributed by atoms with Crippen molar-refractivity contribution in [2.24, 2.45) is 0 Å². The van der Waals surface area contributed by atoms with E-state index in [9.17, 15) is 9.59 Å². The van der Waals surface area contributed by atoms with Crippen molar-refractivity contribution in [2.45, 2.75) is 32.7 Å². The molecule has 0 spiro atoms. The first-order valence-corrected chi connectivity index (χ1v) is 9.44. The van der Waals surface area contributed by atoms with Crippen LogP contribution >= 0.6 is 0 Å². The van der Waals surface area contributed by atoms with Gasteiger partial charge >= 0.3 is 0 Å². The molecule has 6 heteroatoms. The molecule has 2 amide bonds. The first kappa shape index (κ1) is 21.3. The second-order valence-corrected chi connectivity index (χ2v) is 6.49. The fourth-order valence-corrected chi connectivity index (χ4v) is 2.68. The number of carbonyl (C=O) groups excluding carboxylic acids is 2. The van der Waals surface area contributed by atoms with Crippen molar-refractivity contribution in [3.63, 3.8) is 0 Å². The third kappa shape index (κ3) is 6.61. The highest BCUT2D eigenvalue weighted by atomic mass is 16.5. The lowest BCUT2D eigenvalue weighted by Crippen LogP contribution is -2.38. The highest BCUT2D eigenvalue weighted by Gasteiger charge is 2.14. The average molecular weight is 384 g/mol. The summed E-state index contributed by atoms with van der Waals surface area (Å²) in [6, 6.07) is 14.8. The molecule has 0 aliphatic rings. The predicted octanol–water partition coefficient (Wildman–Crippen LogP) is 3.02. The van der Waals surface area contributed by atoms with Gasteiger partial charge in [-0.25, -0.2) is 0 Å². The number of ether oxygens (including phenoxy) is 2. The van der Waals surface area contributed by atoms with Crippen LogP contribution in [0, 0.1) is 0 Å². The summed E-state index contributed by atoms with van der Waals surface area (Å²) in [5.74, 6) is 0.871. The summed E-state index contributed by atoms with van der Waals surface area (Å²) < 4.78 is 11.0. The Labute approximate surface area is 166 Å². The number of amides is 2. The van der Waals surface area contributed by atoms with Crippen LogP contribution in [0.3, 0.4) is 0 Å². The number of carbonyl (C=O) groups is 2. The Morgan fingerprint density at radius 2 is 1.79 bits per heavy atom. The van der Waals surface area contributed by atoms with Gasteiger partial charge in [-0.05, 0) is 36.6 Å². The van der Waals surface area contributed by atoms with Gasteiger partial charge in [-0.2, -0.15) is 0 Å². The summed E-state index contributed by atoms with van der Waals surface area (Å²) >= 11 is 0. The molecule has 0 saturated carbocycles. The number of benzene rings is 2. The summed E-state index contributed by atoms with van der Waals surface area (Å²) in [6.07, 6.45) is 1.16. The van der Waals surface area contributed by atoms with Crippen LogP contribution in [-0.4, -0.2) is 32.1 Å². The van der Waals surface area contributed by atoms with E-state index in [0.717, 1.165) is 17.5 Å². The maximum Gasteiger partial charge on any atom is 0.239 e. The van der Waals surface area contributed by atoms with Crippen molar-refractivity contribution in [3.8, 4) is 11.5 Å². The van der Waals surface area contributed by atoms with Gasteiger partial charge in [0.1, 0.15) is 0 Å². The summed E-state index contributed by atoms with van der Waals surface area (Å²) in [4.78, 5) is 24.1. The predicted molar refractivity (Wildman–Crippen MR) is 108 cm³/mol. The summed E-state index contributed by atoms with van der Waals surface area (Å²) in [5, 5.41) is 5.53. The van der Waals surface area contributed by atoms with Crippen LogP contribution in [0.25, 0.3) is 0 Å². The quantitative estimate of drug-likeness (QED) is 0.660. The van der Waals surface area contributed by atoms with Crippen LogP contribution in [0.5, 0.6) is 11.5 Å². The maximum atomic E-state index is 12.2. The summed E-state index contributed by atoms with van der Waals surface area (Å²) in [5.41, 5.74) is 1.80. The van der Waals surface area contributed by atoms with Crippen LogP contribution in [0.4, 0.5) is 0 Å². The van der Waals surface area contributed by atoms with Crippen LogP contribution < -0.4 is 20.1 Å². The van der Waals surface area contributed by atoms with Gasteiger partial charge in [0.05, 0.1) is 32.7 Å². The van der Waals surface area contributed by atoms with Crippen molar-refractivity contribution in [1.82, 2.24) is 10.6 Å². The molecule has 1 atom stereocenters. The zero-order chi connectivity index (χ0) is 20.4. The molecule has 0 aliphatic heterocycles. The lowest BCUT2D eigenvalue weighted by Gasteiger charge is -2.17. The van der Waals surface area contributed by atoms with Gasteiger partial charge in [0, 0.05) is 0 Å². The van der Waals surface area contributed by atoms with E-state index in [2.05, 4.69) is 10.6 Å².